The lowest BCUT2D eigenvalue weighted by molar-refractivity contribution is -0.383. The van der Waals surface area contributed by atoms with Gasteiger partial charge < -0.3 is 15.4 Å². The molecule has 9 nitrogen and oxygen atoms in total. The van der Waals surface area contributed by atoms with Crippen LogP contribution in [0.25, 0.3) is 5.65 Å². The number of nitro groups is 1. The second-order valence-electron chi connectivity index (χ2n) is 7.44. The van der Waals surface area contributed by atoms with E-state index in [1.54, 1.807) is 30.3 Å². The topological polar surface area (TPSA) is 112 Å². The molecule has 1 aliphatic carbocycles. The lowest BCUT2D eigenvalue weighted by Crippen LogP contribution is -2.24. The summed E-state index contributed by atoms with van der Waals surface area (Å²) in [5, 5.41) is 15.1. The molecule has 1 fully saturated rings. The first-order valence-electron chi connectivity index (χ1n) is 9.22. The van der Waals surface area contributed by atoms with Crippen molar-refractivity contribution in [3.63, 3.8) is 0 Å². The van der Waals surface area contributed by atoms with E-state index < -0.39 is 4.92 Å². The van der Waals surface area contributed by atoms with Crippen LogP contribution in [0.15, 0.2) is 36.7 Å². The molecule has 3 aromatic rings. The Kier molecular flexibility index (Phi) is 4.79. The Morgan fingerprint density at radius 2 is 2.21 bits per heavy atom. The fraction of sp³-hybridized carbons (Fsp3) is 0.368. The Morgan fingerprint density at radius 1 is 1.41 bits per heavy atom. The van der Waals surface area contributed by atoms with Crippen LogP contribution in [0.1, 0.15) is 18.4 Å². The van der Waals surface area contributed by atoms with E-state index in [2.05, 4.69) is 10.1 Å². The molecule has 1 aromatic carbocycles. The van der Waals surface area contributed by atoms with Crippen LogP contribution in [-0.4, -0.2) is 39.7 Å². The van der Waals surface area contributed by atoms with Crippen LogP contribution in [0.2, 0.25) is 0 Å². The Hall–Kier alpha value is -3.27. The van der Waals surface area contributed by atoms with Gasteiger partial charge in [-0.15, -0.1) is 0 Å². The number of hydrogen-bond acceptors (Lipinski definition) is 7. The number of nitrogens with zero attached hydrogens (tertiary/aromatic N) is 5. The molecule has 2 N–H and O–H groups in total. The summed E-state index contributed by atoms with van der Waals surface area (Å²) < 4.78 is 21.2. The van der Waals surface area contributed by atoms with Crippen molar-refractivity contribution in [1.82, 2.24) is 14.6 Å². The predicted octanol–water partition coefficient (Wildman–Crippen LogP) is 2.53. The van der Waals surface area contributed by atoms with Crippen LogP contribution >= 0.6 is 0 Å². The minimum Gasteiger partial charge on any atom is -0.493 e. The zero-order chi connectivity index (χ0) is 20.6. The normalized spacial score (nSPS) is 14.7. The van der Waals surface area contributed by atoms with Gasteiger partial charge in [0.2, 0.25) is 5.65 Å². The molecule has 0 atom stereocenters. The first-order valence-corrected chi connectivity index (χ1v) is 9.22. The third-order valence-corrected chi connectivity index (χ3v) is 5.28. The van der Waals surface area contributed by atoms with E-state index in [9.17, 15) is 14.5 Å². The Morgan fingerprint density at radius 3 is 2.90 bits per heavy atom. The van der Waals surface area contributed by atoms with Crippen molar-refractivity contribution in [2.24, 2.45) is 11.1 Å². The van der Waals surface area contributed by atoms with Gasteiger partial charge in [0.05, 0.1) is 11.5 Å². The molecule has 0 saturated heterocycles. The van der Waals surface area contributed by atoms with Crippen molar-refractivity contribution in [3.05, 3.63) is 58.2 Å². The maximum atomic E-state index is 13.9. The van der Waals surface area contributed by atoms with Gasteiger partial charge >= 0.3 is 5.69 Å². The third-order valence-electron chi connectivity index (χ3n) is 5.28. The first kappa shape index (κ1) is 19.1. The highest BCUT2D eigenvalue weighted by molar-refractivity contribution is 5.61. The molecular formula is C19H21FN6O3. The molecule has 2 heterocycles. The Labute approximate surface area is 166 Å². The van der Waals surface area contributed by atoms with E-state index in [1.807, 2.05) is 0 Å². The van der Waals surface area contributed by atoms with Crippen molar-refractivity contribution in [3.8, 4) is 5.75 Å². The van der Waals surface area contributed by atoms with Crippen molar-refractivity contribution in [2.75, 3.05) is 25.1 Å². The van der Waals surface area contributed by atoms with E-state index >= 15 is 0 Å². The summed E-state index contributed by atoms with van der Waals surface area (Å²) in [6.45, 7) is 1.38. The van der Waals surface area contributed by atoms with Crippen molar-refractivity contribution in [1.29, 1.82) is 0 Å². The number of hydrogen-bond donors (Lipinski definition) is 1. The van der Waals surface area contributed by atoms with Gasteiger partial charge in [0.1, 0.15) is 23.6 Å². The number of rotatable bonds is 8. The monoisotopic (exact) mass is 400 g/mol. The summed E-state index contributed by atoms with van der Waals surface area (Å²) in [7, 11) is 1.78. The minimum absolute atomic E-state index is 0.0328. The number of halogens is 1. The van der Waals surface area contributed by atoms with E-state index in [1.165, 1.54) is 16.6 Å². The molecule has 2 aromatic heterocycles. The number of benzene rings is 1. The zero-order valence-electron chi connectivity index (χ0n) is 15.9. The molecule has 0 spiro atoms. The highest BCUT2D eigenvalue weighted by Crippen LogP contribution is 2.45. The number of fused-ring (bicyclic) bond motifs is 1. The van der Waals surface area contributed by atoms with Crippen molar-refractivity contribution in [2.45, 2.75) is 19.4 Å². The first-order chi connectivity index (χ1) is 13.9. The average molecular weight is 400 g/mol. The molecule has 1 saturated carbocycles. The highest BCUT2D eigenvalue weighted by Gasteiger charge is 2.42. The summed E-state index contributed by atoms with van der Waals surface area (Å²) in [5.74, 6) is 0.724. The second-order valence-corrected chi connectivity index (χ2v) is 7.44. The molecule has 0 aliphatic heterocycles. The number of anilines is 1. The summed E-state index contributed by atoms with van der Waals surface area (Å²) in [6, 6.07) is 6.09. The van der Waals surface area contributed by atoms with Gasteiger partial charge in [-0.2, -0.15) is 5.10 Å². The van der Waals surface area contributed by atoms with E-state index in [4.69, 9.17) is 10.5 Å². The van der Waals surface area contributed by atoms with Gasteiger partial charge in [0.15, 0.2) is 0 Å². The second kappa shape index (κ2) is 7.28. The summed E-state index contributed by atoms with van der Waals surface area (Å²) >= 11 is 0. The molecule has 4 rings (SSSR count). The number of ether oxygens (including phenoxy) is 1. The molecule has 0 amide bonds. The molecule has 0 unspecified atom stereocenters. The maximum Gasteiger partial charge on any atom is 0.333 e. The molecule has 152 valence electrons. The quantitative estimate of drug-likeness (QED) is 0.457. The van der Waals surface area contributed by atoms with E-state index in [-0.39, 0.29) is 22.6 Å². The molecule has 0 radical (unpaired) electrons. The maximum absolute atomic E-state index is 13.9. The summed E-state index contributed by atoms with van der Waals surface area (Å²) in [5.41, 5.74) is 6.47. The van der Waals surface area contributed by atoms with Gasteiger partial charge in [-0.3, -0.25) is 10.1 Å². The van der Waals surface area contributed by atoms with Gasteiger partial charge in [0, 0.05) is 37.3 Å². The fourth-order valence-electron chi connectivity index (χ4n) is 3.15. The standard InChI is InChI=1S/C19H21FN6O3/c1-24(17-4-7-25-18(23-17)15(9-22-25)26(27)28)10-13-8-14(20)2-3-16(13)29-12-19(11-21)5-6-19/h2-4,7-9H,5-6,10-12,21H2,1H3. The minimum atomic E-state index is -0.525. The van der Waals surface area contributed by atoms with Crippen molar-refractivity contribution < 1.29 is 14.1 Å². The van der Waals surface area contributed by atoms with Crippen LogP contribution in [0, 0.1) is 21.3 Å². The largest absolute Gasteiger partial charge is 0.493 e. The molecule has 0 bridgehead atoms. The lowest BCUT2D eigenvalue weighted by atomic mass is 10.1. The summed E-state index contributed by atoms with van der Waals surface area (Å²) in [6.07, 6.45) is 4.83. The number of aromatic nitrogens is 3. The average Bonchev–Trinajstić information content (AvgIpc) is 3.36. The summed E-state index contributed by atoms with van der Waals surface area (Å²) in [4.78, 5) is 16.7. The predicted molar refractivity (Wildman–Crippen MR) is 104 cm³/mol. The van der Waals surface area contributed by atoms with Crippen LogP contribution in [0.4, 0.5) is 15.9 Å². The molecular weight excluding hydrogens is 379 g/mol. The highest BCUT2D eigenvalue weighted by atomic mass is 19.1. The van der Waals surface area contributed by atoms with Crippen LogP contribution < -0.4 is 15.4 Å². The van der Waals surface area contributed by atoms with Gasteiger partial charge in [-0.05, 0) is 37.1 Å². The Bertz CT molecular complexity index is 1070. The van der Waals surface area contributed by atoms with Gasteiger partial charge in [0.25, 0.3) is 0 Å². The fourth-order valence-corrected chi connectivity index (χ4v) is 3.15. The number of nitrogens with two attached hydrogens (primary N) is 1. The van der Waals surface area contributed by atoms with Gasteiger partial charge in [-0.25, -0.2) is 13.9 Å². The van der Waals surface area contributed by atoms with Crippen molar-refractivity contribution >= 4 is 17.2 Å². The smallest absolute Gasteiger partial charge is 0.333 e. The van der Waals surface area contributed by atoms with Crippen LogP contribution in [0.5, 0.6) is 5.75 Å². The zero-order valence-corrected chi connectivity index (χ0v) is 15.9. The lowest BCUT2D eigenvalue weighted by Gasteiger charge is -2.21. The van der Waals surface area contributed by atoms with Crippen LogP contribution in [-0.2, 0) is 6.54 Å². The molecule has 10 heteroatoms. The third kappa shape index (κ3) is 3.83. The molecule has 1 aliphatic rings. The SMILES string of the molecule is CN(Cc1cc(F)ccc1OCC1(CN)CC1)c1ccn2ncc([N+](=O)[O-])c2n1. The molecule has 29 heavy (non-hydrogen) atoms. The Balaban J connectivity index is 1.57. The van der Waals surface area contributed by atoms with E-state index in [0.29, 0.717) is 36.8 Å². The van der Waals surface area contributed by atoms with Gasteiger partial charge in [-0.1, -0.05) is 0 Å². The van der Waals surface area contributed by atoms with Crippen LogP contribution in [0.3, 0.4) is 0 Å². The van der Waals surface area contributed by atoms with E-state index in [0.717, 1.165) is 19.0 Å².